The van der Waals surface area contributed by atoms with Crippen molar-refractivity contribution in [2.45, 2.75) is 83.4 Å². The van der Waals surface area contributed by atoms with Crippen molar-refractivity contribution in [2.75, 3.05) is 24.2 Å². The van der Waals surface area contributed by atoms with E-state index in [0.29, 0.717) is 27.4 Å². The van der Waals surface area contributed by atoms with Crippen LogP contribution < -0.4 is 10.6 Å². The van der Waals surface area contributed by atoms with Crippen molar-refractivity contribution in [1.82, 2.24) is 9.62 Å². The predicted octanol–water partition coefficient (Wildman–Crippen LogP) is 5.49. The van der Waals surface area contributed by atoms with Gasteiger partial charge in [-0.15, -0.1) is 10.7 Å². The van der Waals surface area contributed by atoms with E-state index in [1.54, 1.807) is 0 Å². The number of anilines is 1. The normalized spacial score (nSPS) is 26.1. The zero-order valence-electron chi connectivity index (χ0n) is 22.9. The van der Waals surface area contributed by atoms with Gasteiger partial charge >= 0.3 is 0 Å². The van der Waals surface area contributed by atoms with Gasteiger partial charge < -0.3 is 15.7 Å². The number of nitrogens with one attached hydrogen (secondary N) is 2. The molecule has 38 heavy (non-hydrogen) atoms. The number of aliphatic hydroxyl groups excluding tert-OH is 1. The van der Waals surface area contributed by atoms with Gasteiger partial charge in [-0.2, -0.15) is 8.78 Å². The summed E-state index contributed by atoms with van der Waals surface area (Å²) in [6.07, 6.45) is 6.59. The molecule has 3 aliphatic rings. The number of hydrogen-bond donors (Lipinski definition) is 3. The minimum Gasteiger partial charge on any atom is -0.373 e. The number of benzene rings is 1. The van der Waals surface area contributed by atoms with Crippen LogP contribution in [0.1, 0.15) is 69.9 Å². The van der Waals surface area contributed by atoms with Crippen molar-refractivity contribution in [3.05, 3.63) is 41.5 Å². The number of carbonyl (C=O) groups is 1. The lowest BCUT2D eigenvalue weighted by atomic mass is 9.80. The number of aryl methyl sites for hydroxylation is 2. The second-order valence-electron chi connectivity index (χ2n) is 11.0. The Hall–Kier alpha value is -1.68. The average molecular weight is 563 g/mol. The molecule has 1 amide bonds. The number of hydrogen-bond acceptors (Lipinski definition) is 4. The third-order valence-electron chi connectivity index (χ3n) is 8.52. The standard InChI is InChI=1S/C29H42F2N3O2SSi/c1-4-37(18-13-23-10-11-25(19-20(23)2)32-21(3)35)34-16-14-29(15-17-34)28(36)33-27(38-29)24-8-5-22(6-9-24)7-12-26(30)31/h4,10-12,19,22,24,28,33,36H,5-9,13-18H2,1-3H3,(H,32,35). The van der Waals surface area contributed by atoms with Crippen LogP contribution in [0, 0.1) is 18.8 Å². The number of amides is 1. The number of halogens is 2. The van der Waals surface area contributed by atoms with Gasteiger partial charge in [0, 0.05) is 36.5 Å². The molecule has 1 saturated heterocycles. The van der Waals surface area contributed by atoms with E-state index in [1.807, 2.05) is 12.1 Å². The van der Waals surface area contributed by atoms with E-state index in [-0.39, 0.29) is 21.6 Å². The lowest BCUT2D eigenvalue weighted by Crippen LogP contribution is -2.43. The topological polar surface area (TPSA) is 64.6 Å². The summed E-state index contributed by atoms with van der Waals surface area (Å²) in [4.78, 5) is 11.3. The highest BCUT2D eigenvalue weighted by Gasteiger charge is 2.45. The van der Waals surface area contributed by atoms with E-state index < -0.39 is 12.3 Å². The van der Waals surface area contributed by atoms with Gasteiger partial charge in [-0.1, -0.05) is 11.4 Å². The van der Waals surface area contributed by atoms with E-state index in [9.17, 15) is 18.7 Å². The predicted molar refractivity (Wildman–Crippen MR) is 157 cm³/mol. The maximum absolute atomic E-state index is 12.4. The minimum absolute atomic E-state index is 0.0527. The number of piperidine rings is 1. The first-order chi connectivity index (χ1) is 18.2. The summed E-state index contributed by atoms with van der Waals surface area (Å²) in [6.45, 7) is 7.80. The average Bonchev–Trinajstić information content (AvgIpc) is 3.20. The highest BCUT2D eigenvalue weighted by atomic mass is 32.2. The first-order valence-corrected chi connectivity index (χ1v) is 16.3. The summed E-state index contributed by atoms with van der Waals surface area (Å²) in [5.74, 6) is 1.86. The summed E-state index contributed by atoms with van der Waals surface area (Å²) in [7, 11) is 0.720. The van der Waals surface area contributed by atoms with E-state index >= 15 is 0 Å². The number of aliphatic hydroxyl groups is 1. The molecular weight excluding hydrogens is 520 g/mol. The van der Waals surface area contributed by atoms with Crippen LogP contribution in [0.3, 0.4) is 0 Å². The van der Waals surface area contributed by atoms with E-state index in [1.165, 1.54) is 23.3 Å². The Labute approximate surface area is 231 Å². The fourth-order valence-electron chi connectivity index (χ4n) is 6.21. The largest absolute Gasteiger partial charge is 0.373 e. The maximum Gasteiger partial charge on any atom is 0.266 e. The van der Waals surface area contributed by atoms with Crippen LogP contribution >= 0.6 is 10.7 Å². The SMILES string of the molecule is C/C=S(/CCc1ccc(NC(C)=O)cc1C)N1CCC2(CC1)[Si]=C(C1CCC(CC=C(F)F)CC1)NC2O. The Bertz CT molecular complexity index is 1090. The molecule has 2 fully saturated rings. The molecule has 1 aromatic rings. The fourth-order valence-corrected chi connectivity index (χ4v) is 10.00. The highest BCUT2D eigenvalue weighted by Crippen LogP contribution is 2.45. The Morgan fingerprint density at radius 2 is 1.97 bits per heavy atom. The van der Waals surface area contributed by atoms with E-state index in [4.69, 9.17) is 0 Å². The molecule has 5 nitrogen and oxygen atoms in total. The van der Waals surface area contributed by atoms with Gasteiger partial charge in [-0.3, -0.25) is 9.10 Å². The molecule has 2 atom stereocenters. The molecule has 209 valence electrons. The Balaban J connectivity index is 1.30. The molecule has 2 aliphatic heterocycles. The van der Waals surface area contributed by atoms with Crippen molar-refractivity contribution in [2.24, 2.45) is 11.8 Å². The second-order valence-corrected chi connectivity index (χ2v) is 15.0. The van der Waals surface area contributed by atoms with E-state index in [2.05, 4.69) is 40.2 Å². The molecule has 2 heterocycles. The quantitative estimate of drug-likeness (QED) is 0.290. The van der Waals surface area contributed by atoms with Gasteiger partial charge in [0.15, 0.2) is 0 Å². The minimum atomic E-state index is -1.56. The fraction of sp³-hybridized carbons (Fsp3) is 0.621. The molecule has 1 saturated carbocycles. The van der Waals surface area contributed by atoms with Crippen molar-refractivity contribution in [1.29, 1.82) is 0 Å². The first-order valence-electron chi connectivity index (χ1n) is 13.9. The molecule has 0 bridgehead atoms. The maximum atomic E-state index is 12.4. The molecule has 2 unspecified atom stereocenters. The third kappa shape index (κ3) is 7.28. The zero-order chi connectivity index (χ0) is 27.3. The first kappa shape index (κ1) is 29.3. The molecule has 4 rings (SSSR count). The summed E-state index contributed by atoms with van der Waals surface area (Å²) in [5.41, 5.74) is 3.38. The van der Waals surface area contributed by atoms with Crippen molar-refractivity contribution < 1.29 is 18.7 Å². The van der Waals surface area contributed by atoms with Crippen LogP contribution in [0.5, 0.6) is 0 Å². The smallest absolute Gasteiger partial charge is 0.266 e. The van der Waals surface area contributed by atoms with E-state index in [0.717, 1.165) is 75.6 Å². The Kier molecular flexibility index (Phi) is 10.1. The summed E-state index contributed by atoms with van der Waals surface area (Å²) < 4.78 is 27.5. The molecule has 0 aromatic heterocycles. The molecule has 1 aliphatic carbocycles. The van der Waals surface area contributed by atoms with Crippen LogP contribution in [-0.4, -0.2) is 60.2 Å². The summed E-state index contributed by atoms with van der Waals surface area (Å²) in [5, 5.41) is 21.0. The molecular formula is C29H42F2N3O2SSi. The second kappa shape index (κ2) is 13.1. The lowest BCUT2D eigenvalue weighted by Gasteiger charge is -2.41. The molecule has 1 radical (unpaired) electrons. The van der Waals surface area contributed by atoms with Crippen molar-refractivity contribution in [3.8, 4) is 0 Å². The van der Waals surface area contributed by atoms with Gasteiger partial charge in [0.05, 0.1) is 9.13 Å². The third-order valence-corrected chi connectivity index (χ3v) is 12.8. The molecule has 9 heteroatoms. The van der Waals surface area contributed by atoms with Crippen molar-refractivity contribution in [3.63, 3.8) is 0 Å². The van der Waals surface area contributed by atoms with Crippen LogP contribution in [0.15, 0.2) is 30.4 Å². The van der Waals surface area contributed by atoms with Crippen molar-refractivity contribution >= 4 is 42.1 Å². The lowest BCUT2D eigenvalue weighted by molar-refractivity contribution is -0.114. The number of rotatable bonds is 8. The van der Waals surface area contributed by atoms with Gasteiger partial charge in [0.25, 0.3) is 6.08 Å². The summed E-state index contributed by atoms with van der Waals surface area (Å²) in [6, 6.07) is 6.16. The summed E-state index contributed by atoms with van der Waals surface area (Å²) >= 11 is 0. The van der Waals surface area contributed by atoms with Gasteiger partial charge in [-0.25, -0.2) is 0 Å². The molecule has 1 spiro atoms. The highest BCUT2D eigenvalue weighted by molar-refractivity contribution is 8.12. The van der Waals surface area contributed by atoms with Crippen LogP contribution in [0.2, 0.25) is 5.04 Å². The van der Waals surface area contributed by atoms with Crippen LogP contribution in [0.4, 0.5) is 14.5 Å². The number of carbonyl (C=O) groups excluding carboxylic acids is 1. The zero-order valence-corrected chi connectivity index (χ0v) is 24.7. The Morgan fingerprint density at radius 3 is 2.58 bits per heavy atom. The van der Waals surface area contributed by atoms with Crippen LogP contribution in [-0.2, 0) is 11.2 Å². The van der Waals surface area contributed by atoms with Crippen LogP contribution in [0.25, 0.3) is 0 Å². The van der Waals surface area contributed by atoms with Gasteiger partial charge in [0.1, 0.15) is 6.23 Å². The Morgan fingerprint density at radius 1 is 1.26 bits per heavy atom. The number of allylic oxidation sites excluding steroid dienone is 1. The van der Waals surface area contributed by atoms with Gasteiger partial charge in [0.2, 0.25) is 5.91 Å². The molecule has 3 N–H and O–H groups in total. The number of nitrogens with zero attached hydrogens (tertiary/aromatic N) is 1. The monoisotopic (exact) mass is 562 g/mol. The van der Waals surface area contributed by atoms with Gasteiger partial charge in [-0.05, 0) is 112 Å². The molecule has 1 aromatic carbocycles.